The molecule has 3 saturated heterocycles. The number of esters is 1. The number of nitrogens with zero attached hydrogens (tertiary/aromatic N) is 2. The standard InChI is InChI=1S/C30H44BrN3O7/c1-5-7-13-22(36)32-16-19(4)40-29(39)23-24-27(37)34(18(3)17-35)26(30(24)15-21(31)25(23)41-30)28(38)33(14-6-2)20-11-9-8-10-12-20/h5-6,18-21,23-26,35H,1-2,7-17H2,3-4H3,(H,32,36)/t18-,19-,21?,23-,24+,25-,26-,30+/m1/s1. The van der Waals surface area contributed by atoms with E-state index in [0.717, 1.165) is 32.1 Å². The van der Waals surface area contributed by atoms with Crippen LogP contribution in [0.2, 0.25) is 0 Å². The van der Waals surface area contributed by atoms with Gasteiger partial charge >= 0.3 is 5.97 Å². The lowest BCUT2D eigenvalue weighted by atomic mass is 9.70. The normalized spacial score (nSPS) is 32.2. The number of aliphatic hydroxyl groups excluding tert-OH is 1. The van der Waals surface area contributed by atoms with Crippen molar-refractivity contribution in [3.05, 3.63) is 25.3 Å². The van der Waals surface area contributed by atoms with E-state index in [4.69, 9.17) is 9.47 Å². The van der Waals surface area contributed by atoms with Gasteiger partial charge in [0.25, 0.3) is 0 Å². The molecule has 228 valence electrons. The average Bonchev–Trinajstić information content (AvgIpc) is 3.56. The minimum Gasteiger partial charge on any atom is -0.460 e. The van der Waals surface area contributed by atoms with E-state index in [0.29, 0.717) is 25.8 Å². The summed E-state index contributed by atoms with van der Waals surface area (Å²) in [5.74, 6) is -3.19. The number of carbonyl (C=O) groups excluding carboxylic acids is 4. The predicted molar refractivity (Wildman–Crippen MR) is 156 cm³/mol. The van der Waals surface area contributed by atoms with Gasteiger partial charge in [-0.1, -0.05) is 47.3 Å². The van der Waals surface area contributed by atoms with E-state index in [2.05, 4.69) is 34.4 Å². The fourth-order valence-corrected chi connectivity index (χ4v) is 8.13. The van der Waals surface area contributed by atoms with Crippen molar-refractivity contribution >= 4 is 39.6 Å². The Morgan fingerprint density at radius 1 is 1.24 bits per heavy atom. The Kier molecular flexibility index (Phi) is 10.3. The van der Waals surface area contributed by atoms with Crippen molar-refractivity contribution in [3.8, 4) is 0 Å². The maximum atomic E-state index is 14.5. The third kappa shape index (κ3) is 5.99. The molecule has 2 N–H and O–H groups in total. The van der Waals surface area contributed by atoms with Crippen LogP contribution in [0.3, 0.4) is 0 Å². The van der Waals surface area contributed by atoms with Crippen LogP contribution in [0.5, 0.6) is 0 Å². The van der Waals surface area contributed by atoms with Crippen LogP contribution in [-0.4, -0.2) is 99.1 Å². The number of amides is 3. The summed E-state index contributed by atoms with van der Waals surface area (Å²) in [5, 5.41) is 12.9. The molecule has 10 nitrogen and oxygen atoms in total. The highest BCUT2D eigenvalue weighted by molar-refractivity contribution is 9.09. The number of likely N-dealkylation sites (tertiary alicyclic amines) is 1. The molecule has 4 rings (SSSR count). The largest absolute Gasteiger partial charge is 0.460 e. The summed E-state index contributed by atoms with van der Waals surface area (Å²) in [4.78, 5) is 57.2. The first-order valence-electron chi connectivity index (χ1n) is 14.9. The Morgan fingerprint density at radius 3 is 2.59 bits per heavy atom. The molecule has 2 bridgehead atoms. The van der Waals surface area contributed by atoms with Crippen LogP contribution in [0.4, 0.5) is 0 Å². The molecule has 11 heteroatoms. The van der Waals surface area contributed by atoms with Gasteiger partial charge in [0, 0.05) is 23.8 Å². The van der Waals surface area contributed by atoms with Gasteiger partial charge in [-0.15, -0.1) is 13.2 Å². The number of hydrogen-bond donors (Lipinski definition) is 2. The number of alkyl halides is 1. The van der Waals surface area contributed by atoms with Gasteiger partial charge in [0.1, 0.15) is 17.7 Å². The third-order valence-electron chi connectivity index (χ3n) is 9.08. The van der Waals surface area contributed by atoms with Crippen LogP contribution in [0, 0.1) is 11.8 Å². The summed E-state index contributed by atoms with van der Waals surface area (Å²) >= 11 is 3.67. The van der Waals surface area contributed by atoms with Crippen molar-refractivity contribution in [2.24, 2.45) is 11.8 Å². The van der Waals surface area contributed by atoms with Gasteiger partial charge in [-0.25, -0.2) is 0 Å². The van der Waals surface area contributed by atoms with E-state index in [1.807, 2.05) is 4.90 Å². The minimum absolute atomic E-state index is 0.0350. The highest BCUT2D eigenvalue weighted by Crippen LogP contribution is 2.60. The second-order valence-electron chi connectivity index (χ2n) is 11.9. The van der Waals surface area contributed by atoms with E-state index >= 15 is 0 Å². The number of aliphatic hydroxyl groups is 1. The van der Waals surface area contributed by atoms with Crippen molar-refractivity contribution in [2.45, 2.75) is 106 Å². The van der Waals surface area contributed by atoms with Gasteiger partial charge in [0.15, 0.2) is 0 Å². The van der Waals surface area contributed by atoms with Gasteiger partial charge in [-0.3, -0.25) is 19.2 Å². The van der Waals surface area contributed by atoms with Crippen LogP contribution < -0.4 is 5.32 Å². The molecule has 1 spiro atoms. The molecular formula is C30H44BrN3O7. The summed E-state index contributed by atoms with van der Waals surface area (Å²) in [5.41, 5.74) is -1.23. The lowest BCUT2D eigenvalue weighted by Crippen LogP contribution is -2.60. The molecule has 4 fully saturated rings. The third-order valence-corrected chi connectivity index (χ3v) is 9.92. The number of allylic oxidation sites excluding steroid dienone is 1. The maximum absolute atomic E-state index is 14.5. The summed E-state index contributed by atoms with van der Waals surface area (Å²) in [6.45, 7) is 11.0. The molecular weight excluding hydrogens is 594 g/mol. The number of ether oxygens (including phenoxy) is 2. The Balaban J connectivity index is 1.60. The second kappa shape index (κ2) is 13.4. The van der Waals surface area contributed by atoms with Gasteiger partial charge in [0.2, 0.25) is 17.7 Å². The molecule has 0 aromatic rings. The first kappa shape index (κ1) is 31.7. The number of nitrogens with one attached hydrogen (secondary N) is 1. The number of halogens is 1. The molecule has 3 amide bonds. The summed E-state index contributed by atoms with van der Waals surface area (Å²) < 4.78 is 12.3. The Morgan fingerprint density at radius 2 is 1.95 bits per heavy atom. The zero-order valence-corrected chi connectivity index (χ0v) is 25.7. The Labute approximate surface area is 251 Å². The van der Waals surface area contributed by atoms with E-state index in [-0.39, 0.29) is 41.7 Å². The lowest BCUT2D eigenvalue weighted by molar-refractivity contribution is -0.160. The second-order valence-corrected chi connectivity index (χ2v) is 13.1. The molecule has 41 heavy (non-hydrogen) atoms. The van der Waals surface area contributed by atoms with Crippen molar-refractivity contribution in [2.75, 3.05) is 19.7 Å². The Bertz CT molecular complexity index is 1030. The average molecular weight is 639 g/mol. The van der Waals surface area contributed by atoms with Crippen LogP contribution in [0.1, 0.15) is 65.2 Å². The zero-order valence-electron chi connectivity index (χ0n) is 24.1. The summed E-state index contributed by atoms with van der Waals surface area (Å²) in [6.07, 6.45) is 8.27. The highest BCUT2D eigenvalue weighted by atomic mass is 79.9. The fraction of sp³-hybridized carbons (Fsp3) is 0.733. The van der Waals surface area contributed by atoms with Crippen LogP contribution in [0.15, 0.2) is 25.3 Å². The molecule has 0 aromatic heterocycles. The molecule has 4 aliphatic rings. The number of rotatable bonds is 13. The van der Waals surface area contributed by atoms with E-state index in [1.54, 1.807) is 26.0 Å². The predicted octanol–water partition coefficient (Wildman–Crippen LogP) is 2.48. The molecule has 0 aromatic carbocycles. The fourth-order valence-electron chi connectivity index (χ4n) is 7.18. The van der Waals surface area contributed by atoms with Gasteiger partial charge in [0.05, 0.1) is 37.1 Å². The first-order chi connectivity index (χ1) is 19.6. The highest BCUT2D eigenvalue weighted by Gasteiger charge is 2.77. The molecule has 3 aliphatic heterocycles. The Hall–Kier alpha value is -2.24. The quantitative estimate of drug-likeness (QED) is 0.181. The molecule has 3 heterocycles. The minimum atomic E-state index is -1.23. The number of hydrogen-bond acceptors (Lipinski definition) is 7. The zero-order chi connectivity index (χ0) is 29.9. The first-order valence-corrected chi connectivity index (χ1v) is 15.8. The molecule has 1 unspecified atom stereocenters. The molecule has 1 aliphatic carbocycles. The molecule has 0 radical (unpaired) electrons. The van der Waals surface area contributed by atoms with Gasteiger partial charge in [-0.05, 0) is 39.5 Å². The summed E-state index contributed by atoms with van der Waals surface area (Å²) in [7, 11) is 0. The molecule has 8 atom stereocenters. The number of fused-ring (bicyclic) bond motifs is 1. The van der Waals surface area contributed by atoms with Gasteiger partial charge in [-0.2, -0.15) is 0 Å². The van der Waals surface area contributed by atoms with Crippen LogP contribution >= 0.6 is 15.9 Å². The number of carbonyl (C=O) groups is 4. The van der Waals surface area contributed by atoms with Crippen molar-refractivity contribution in [1.29, 1.82) is 0 Å². The SMILES string of the molecule is C=CCCC(=O)NC[C@@H](C)OC(=O)[C@H]1[C@@H]2O[C@@]3(CC2Br)[C@@H]1C(=O)N([C@H](C)CO)[C@@H]3C(=O)N(CC=C)C1CCCCC1. The summed E-state index contributed by atoms with van der Waals surface area (Å²) in [6, 6.07) is -1.59. The van der Waals surface area contributed by atoms with Crippen molar-refractivity contribution < 1.29 is 33.8 Å². The van der Waals surface area contributed by atoms with E-state index < -0.39 is 47.7 Å². The van der Waals surface area contributed by atoms with Gasteiger partial charge < -0.3 is 29.7 Å². The van der Waals surface area contributed by atoms with Crippen molar-refractivity contribution in [3.63, 3.8) is 0 Å². The monoisotopic (exact) mass is 637 g/mol. The topological polar surface area (TPSA) is 125 Å². The van der Waals surface area contributed by atoms with Crippen molar-refractivity contribution in [1.82, 2.24) is 15.1 Å². The van der Waals surface area contributed by atoms with E-state index in [1.165, 1.54) is 4.90 Å². The maximum Gasteiger partial charge on any atom is 0.312 e. The lowest BCUT2D eigenvalue weighted by Gasteiger charge is -2.42. The van der Waals surface area contributed by atoms with Crippen LogP contribution in [0.25, 0.3) is 0 Å². The molecule has 1 saturated carbocycles. The van der Waals surface area contributed by atoms with Crippen LogP contribution in [-0.2, 0) is 28.7 Å². The smallest absolute Gasteiger partial charge is 0.312 e. The van der Waals surface area contributed by atoms with E-state index in [9.17, 15) is 24.3 Å².